The van der Waals surface area contributed by atoms with Crippen LogP contribution in [0.1, 0.15) is 18.7 Å². The fourth-order valence-electron chi connectivity index (χ4n) is 1.67. The van der Waals surface area contributed by atoms with Crippen molar-refractivity contribution in [2.24, 2.45) is 0 Å². The zero-order chi connectivity index (χ0) is 11.3. The van der Waals surface area contributed by atoms with Crippen molar-refractivity contribution in [3.05, 3.63) is 34.1 Å². The number of nitro benzene ring substituents is 1. The number of alkyl halides is 1. The molecule has 2 aromatic rings. The molecule has 1 N–H and O–H groups in total. The molecule has 0 aliphatic heterocycles. The van der Waals surface area contributed by atoms with E-state index in [-0.39, 0.29) is 11.5 Å². The largest absolute Gasteiger partial charge is 0.339 e. The summed E-state index contributed by atoms with van der Waals surface area (Å²) >= 11 is 0. The van der Waals surface area contributed by atoms with Crippen molar-refractivity contribution in [1.82, 2.24) is 9.97 Å². The highest BCUT2D eigenvalue weighted by atomic mass is 19.1. The molecule has 0 spiro atoms. The van der Waals surface area contributed by atoms with E-state index in [9.17, 15) is 14.5 Å². The number of nitro groups is 1. The molecule has 1 aromatic carbocycles. The third kappa shape index (κ3) is 1.26. The summed E-state index contributed by atoms with van der Waals surface area (Å²) in [4.78, 5) is 17.0. The Morgan fingerprint density at radius 2 is 2.25 bits per heavy atom. The number of aromatic amines is 1. The van der Waals surface area contributed by atoms with Gasteiger partial charge in [-0.25, -0.2) is 9.37 Å². The lowest BCUT2D eigenvalue weighted by atomic mass is 10.3. The van der Waals surface area contributed by atoms with Gasteiger partial charge >= 0.3 is 0 Å². The predicted molar refractivity (Wildman–Crippen MR) is 54.8 cm³/mol. The molecule has 1 aliphatic rings. The van der Waals surface area contributed by atoms with Crippen molar-refractivity contribution in [2.75, 3.05) is 0 Å². The van der Waals surface area contributed by atoms with Gasteiger partial charge in [-0.1, -0.05) is 0 Å². The normalized spacial score (nSPS) is 17.6. The number of nitrogens with one attached hydrogen (secondary N) is 1. The number of non-ortho nitro benzene ring substituents is 1. The summed E-state index contributed by atoms with van der Waals surface area (Å²) in [7, 11) is 0. The van der Waals surface area contributed by atoms with E-state index in [4.69, 9.17) is 0 Å². The molecule has 0 unspecified atom stereocenters. The van der Waals surface area contributed by atoms with Gasteiger partial charge in [-0.05, 0) is 18.9 Å². The van der Waals surface area contributed by atoms with Gasteiger partial charge in [-0.2, -0.15) is 0 Å². The second kappa shape index (κ2) is 2.78. The molecule has 6 heteroatoms. The molecule has 0 atom stereocenters. The van der Waals surface area contributed by atoms with Gasteiger partial charge in [-0.15, -0.1) is 0 Å². The summed E-state index contributed by atoms with van der Waals surface area (Å²) in [5.74, 6) is 0.281. The molecule has 3 rings (SSSR count). The van der Waals surface area contributed by atoms with E-state index in [2.05, 4.69) is 9.97 Å². The molecular formula is C10H8FN3O2. The van der Waals surface area contributed by atoms with Crippen LogP contribution in [0, 0.1) is 10.1 Å². The first-order valence-corrected chi connectivity index (χ1v) is 4.92. The van der Waals surface area contributed by atoms with Crippen molar-refractivity contribution in [3.8, 4) is 0 Å². The van der Waals surface area contributed by atoms with Gasteiger partial charge in [0.1, 0.15) is 5.82 Å². The average molecular weight is 221 g/mol. The van der Waals surface area contributed by atoms with E-state index in [1.54, 1.807) is 0 Å². The fourth-order valence-corrected chi connectivity index (χ4v) is 1.67. The summed E-state index contributed by atoms with van der Waals surface area (Å²) in [6, 6.07) is 4.27. The van der Waals surface area contributed by atoms with E-state index in [1.165, 1.54) is 18.2 Å². The molecule has 0 radical (unpaired) electrons. The quantitative estimate of drug-likeness (QED) is 0.625. The number of benzene rings is 1. The van der Waals surface area contributed by atoms with Gasteiger partial charge in [0.25, 0.3) is 5.69 Å². The summed E-state index contributed by atoms with van der Waals surface area (Å²) in [5.41, 5.74) is -0.294. The number of rotatable bonds is 2. The first-order valence-electron chi connectivity index (χ1n) is 4.92. The average Bonchev–Trinajstić information content (AvgIpc) is 2.86. The first-order chi connectivity index (χ1) is 7.58. The Hall–Kier alpha value is -1.98. The highest BCUT2D eigenvalue weighted by Gasteiger charge is 2.47. The van der Waals surface area contributed by atoms with E-state index in [0.717, 1.165) is 0 Å². The van der Waals surface area contributed by atoms with Gasteiger partial charge in [0.15, 0.2) is 5.67 Å². The van der Waals surface area contributed by atoms with E-state index in [1.807, 2.05) is 0 Å². The molecule has 0 amide bonds. The summed E-state index contributed by atoms with van der Waals surface area (Å²) in [6.45, 7) is 0. The lowest BCUT2D eigenvalue weighted by molar-refractivity contribution is -0.384. The van der Waals surface area contributed by atoms with Crippen LogP contribution in [0.25, 0.3) is 11.0 Å². The summed E-state index contributed by atoms with van der Waals surface area (Å²) < 4.78 is 13.7. The maximum Gasteiger partial charge on any atom is 0.271 e. The first kappa shape index (κ1) is 9.26. The van der Waals surface area contributed by atoms with E-state index < -0.39 is 10.6 Å². The number of imidazole rings is 1. The summed E-state index contributed by atoms with van der Waals surface area (Å²) in [6.07, 6.45) is 0.934. The molecule has 1 heterocycles. The lowest BCUT2D eigenvalue weighted by Gasteiger charge is -1.96. The van der Waals surface area contributed by atoms with Crippen LogP contribution in [0.3, 0.4) is 0 Å². The van der Waals surface area contributed by atoms with Crippen molar-refractivity contribution in [2.45, 2.75) is 18.5 Å². The maximum atomic E-state index is 13.7. The molecule has 0 saturated heterocycles. The third-order valence-electron chi connectivity index (χ3n) is 2.79. The Balaban J connectivity index is 2.14. The number of hydrogen-bond acceptors (Lipinski definition) is 3. The van der Waals surface area contributed by atoms with Crippen LogP contribution in [-0.2, 0) is 5.67 Å². The van der Waals surface area contributed by atoms with E-state index in [0.29, 0.717) is 23.9 Å². The molecule has 16 heavy (non-hydrogen) atoms. The van der Waals surface area contributed by atoms with Crippen LogP contribution in [0.4, 0.5) is 10.1 Å². The minimum absolute atomic E-state index is 0.0218. The van der Waals surface area contributed by atoms with Crippen LogP contribution >= 0.6 is 0 Å². The molecule has 0 bridgehead atoms. The minimum atomic E-state index is -1.34. The molecular weight excluding hydrogens is 213 g/mol. The lowest BCUT2D eigenvalue weighted by Crippen LogP contribution is -1.99. The van der Waals surface area contributed by atoms with Gasteiger partial charge in [0, 0.05) is 12.1 Å². The molecule has 5 nitrogen and oxygen atoms in total. The zero-order valence-corrected chi connectivity index (χ0v) is 8.24. The maximum absolute atomic E-state index is 13.7. The SMILES string of the molecule is O=[N+]([O-])c1ccc2nc(C3(F)CC3)[nH]c2c1. The van der Waals surface area contributed by atoms with Crippen molar-refractivity contribution in [3.63, 3.8) is 0 Å². The number of halogens is 1. The Bertz CT molecular complexity index is 589. The van der Waals surface area contributed by atoms with Crippen LogP contribution in [0.2, 0.25) is 0 Å². The van der Waals surface area contributed by atoms with Crippen LogP contribution in [0.5, 0.6) is 0 Å². The summed E-state index contributed by atoms with van der Waals surface area (Å²) in [5, 5.41) is 10.6. The van der Waals surface area contributed by atoms with Crippen LogP contribution in [-0.4, -0.2) is 14.9 Å². The molecule has 1 fully saturated rings. The van der Waals surface area contributed by atoms with Gasteiger partial charge in [0.2, 0.25) is 0 Å². The minimum Gasteiger partial charge on any atom is -0.339 e. The number of H-pyrrole nitrogens is 1. The number of fused-ring (bicyclic) bond motifs is 1. The van der Waals surface area contributed by atoms with Gasteiger partial charge in [-0.3, -0.25) is 10.1 Å². The predicted octanol–water partition coefficient (Wildman–Crippen LogP) is 2.43. The smallest absolute Gasteiger partial charge is 0.271 e. The Morgan fingerprint density at radius 1 is 1.50 bits per heavy atom. The second-order valence-corrected chi connectivity index (χ2v) is 4.01. The number of hydrogen-bond donors (Lipinski definition) is 1. The third-order valence-corrected chi connectivity index (χ3v) is 2.79. The Morgan fingerprint density at radius 3 is 2.88 bits per heavy atom. The number of aromatic nitrogens is 2. The molecule has 1 aromatic heterocycles. The zero-order valence-electron chi connectivity index (χ0n) is 8.24. The van der Waals surface area contributed by atoms with Gasteiger partial charge in [0.05, 0.1) is 16.0 Å². The van der Waals surface area contributed by atoms with Crippen molar-refractivity contribution < 1.29 is 9.31 Å². The number of nitrogens with zero attached hydrogens (tertiary/aromatic N) is 2. The Kier molecular flexibility index (Phi) is 1.61. The highest BCUT2D eigenvalue weighted by Crippen LogP contribution is 2.48. The molecule has 1 aliphatic carbocycles. The van der Waals surface area contributed by atoms with Crippen molar-refractivity contribution in [1.29, 1.82) is 0 Å². The Labute approximate surface area is 89.4 Å². The van der Waals surface area contributed by atoms with Crippen LogP contribution < -0.4 is 0 Å². The fraction of sp³-hybridized carbons (Fsp3) is 0.300. The van der Waals surface area contributed by atoms with E-state index >= 15 is 0 Å². The molecule has 1 saturated carbocycles. The topological polar surface area (TPSA) is 71.8 Å². The highest BCUT2D eigenvalue weighted by molar-refractivity contribution is 5.78. The molecule has 82 valence electrons. The van der Waals surface area contributed by atoms with Gasteiger partial charge < -0.3 is 4.98 Å². The van der Waals surface area contributed by atoms with Crippen LogP contribution in [0.15, 0.2) is 18.2 Å². The monoisotopic (exact) mass is 221 g/mol. The standard InChI is InChI=1S/C10H8FN3O2/c11-10(3-4-10)9-12-7-2-1-6(14(15)16)5-8(7)13-9/h1-2,5H,3-4H2,(H,12,13). The van der Waals surface area contributed by atoms with Crippen molar-refractivity contribution >= 4 is 16.7 Å². The second-order valence-electron chi connectivity index (χ2n) is 4.01.